The summed E-state index contributed by atoms with van der Waals surface area (Å²) in [6, 6.07) is 6.90. The zero-order chi connectivity index (χ0) is 14.4. The number of hydrogen-bond acceptors (Lipinski definition) is 2. The van der Waals surface area contributed by atoms with Gasteiger partial charge in [-0.1, -0.05) is 12.1 Å². The van der Waals surface area contributed by atoms with Gasteiger partial charge < -0.3 is 5.32 Å². The summed E-state index contributed by atoms with van der Waals surface area (Å²) < 4.78 is 15.1. The molecule has 1 atom stereocenters. The summed E-state index contributed by atoms with van der Waals surface area (Å²) in [4.78, 5) is 0. The van der Waals surface area contributed by atoms with E-state index in [0.717, 1.165) is 31.4 Å². The Bertz CT molecular complexity index is 536. The lowest BCUT2D eigenvalue weighted by atomic mass is 9.93. The number of nitrogens with zero attached hydrogens (tertiary/aromatic N) is 2. The fraction of sp³-hybridized carbons (Fsp3) is 0.438. The van der Waals surface area contributed by atoms with Crippen molar-refractivity contribution in [2.75, 3.05) is 13.6 Å². The largest absolute Gasteiger partial charge is 0.319 e. The number of aryl methyl sites for hydroxylation is 2. The van der Waals surface area contributed by atoms with Crippen molar-refractivity contribution in [1.29, 1.82) is 0 Å². The van der Waals surface area contributed by atoms with Crippen LogP contribution in [0.3, 0.4) is 0 Å². The van der Waals surface area contributed by atoms with Crippen molar-refractivity contribution in [1.82, 2.24) is 15.1 Å². The van der Waals surface area contributed by atoms with E-state index in [1.807, 2.05) is 31.0 Å². The van der Waals surface area contributed by atoms with Crippen molar-refractivity contribution in [2.24, 2.45) is 13.0 Å². The van der Waals surface area contributed by atoms with Crippen LogP contribution in [-0.4, -0.2) is 23.4 Å². The van der Waals surface area contributed by atoms with E-state index >= 15 is 0 Å². The molecule has 1 aromatic carbocycles. The molecule has 0 aliphatic rings. The minimum atomic E-state index is -0.155. The summed E-state index contributed by atoms with van der Waals surface area (Å²) in [7, 11) is 3.89. The van der Waals surface area contributed by atoms with Crippen molar-refractivity contribution in [2.45, 2.75) is 19.3 Å². The molecule has 0 fully saturated rings. The molecule has 2 aromatic rings. The maximum absolute atomic E-state index is 13.2. The van der Waals surface area contributed by atoms with Gasteiger partial charge in [-0.05, 0) is 62.0 Å². The molecule has 0 amide bonds. The molecule has 0 radical (unpaired) electrons. The van der Waals surface area contributed by atoms with Gasteiger partial charge in [-0.3, -0.25) is 4.68 Å². The Morgan fingerprint density at radius 3 is 2.85 bits per heavy atom. The van der Waals surface area contributed by atoms with Gasteiger partial charge in [-0.25, -0.2) is 4.39 Å². The third-order valence-corrected chi connectivity index (χ3v) is 3.51. The van der Waals surface area contributed by atoms with Crippen molar-refractivity contribution < 1.29 is 4.39 Å². The Labute approximate surface area is 119 Å². The van der Waals surface area contributed by atoms with Crippen molar-refractivity contribution >= 4 is 0 Å². The Morgan fingerprint density at radius 1 is 1.35 bits per heavy atom. The topological polar surface area (TPSA) is 29.9 Å². The summed E-state index contributed by atoms with van der Waals surface area (Å²) in [5.41, 5.74) is 2.32. The van der Waals surface area contributed by atoms with Gasteiger partial charge in [0.1, 0.15) is 5.82 Å². The fourth-order valence-corrected chi connectivity index (χ4v) is 2.53. The number of aromatic nitrogens is 2. The van der Waals surface area contributed by atoms with Crippen LogP contribution in [0.15, 0.2) is 36.7 Å². The van der Waals surface area contributed by atoms with Gasteiger partial charge in [0.15, 0.2) is 0 Å². The highest BCUT2D eigenvalue weighted by Gasteiger charge is 2.10. The second-order valence-electron chi connectivity index (χ2n) is 5.32. The molecule has 0 aliphatic carbocycles. The van der Waals surface area contributed by atoms with Gasteiger partial charge in [0.2, 0.25) is 0 Å². The Balaban J connectivity index is 1.92. The molecule has 108 valence electrons. The molecule has 0 spiro atoms. The molecule has 1 heterocycles. The fourth-order valence-electron chi connectivity index (χ4n) is 2.53. The lowest BCUT2D eigenvalue weighted by Crippen LogP contribution is -2.21. The van der Waals surface area contributed by atoms with Crippen LogP contribution in [0.25, 0.3) is 0 Å². The molecule has 0 saturated carbocycles. The first kappa shape index (κ1) is 14.7. The highest BCUT2D eigenvalue weighted by atomic mass is 19.1. The smallest absolute Gasteiger partial charge is 0.123 e. The van der Waals surface area contributed by atoms with Crippen LogP contribution in [0.2, 0.25) is 0 Å². The standard InChI is InChI=1S/C16H22FN3/c1-18-10-14(6-7-15-11-19-20(2)12-15)8-13-4-3-5-16(17)9-13/h3-5,9,11-12,14,18H,6-8,10H2,1-2H3. The van der Waals surface area contributed by atoms with E-state index in [2.05, 4.69) is 16.6 Å². The lowest BCUT2D eigenvalue weighted by Gasteiger charge is -2.16. The van der Waals surface area contributed by atoms with E-state index in [4.69, 9.17) is 0 Å². The molecule has 20 heavy (non-hydrogen) atoms. The minimum absolute atomic E-state index is 0.155. The molecule has 0 bridgehead atoms. The highest BCUT2D eigenvalue weighted by molar-refractivity contribution is 5.17. The highest BCUT2D eigenvalue weighted by Crippen LogP contribution is 2.16. The summed E-state index contributed by atoms with van der Waals surface area (Å²) in [5.74, 6) is 0.347. The normalized spacial score (nSPS) is 12.6. The predicted molar refractivity (Wildman–Crippen MR) is 79.0 cm³/mol. The van der Waals surface area contributed by atoms with Crippen LogP contribution in [-0.2, 0) is 19.9 Å². The molecule has 1 N–H and O–H groups in total. The third-order valence-electron chi connectivity index (χ3n) is 3.51. The van der Waals surface area contributed by atoms with E-state index in [9.17, 15) is 4.39 Å². The van der Waals surface area contributed by atoms with Gasteiger partial charge in [-0.2, -0.15) is 5.10 Å². The zero-order valence-corrected chi connectivity index (χ0v) is 12.1. The summed E-state index contributed by atoms with van der Waals surface area (Å²) >= 11 is 0. The first-order chi connectivity index (χ1) is 9.67. The van der Waals surface area contributed by atoms with Crippen LogP contribution in [0.5, 0.6) is 0 Å². The van der Waals surface area contributed by atoms with E-state index in [-0.39, 0.29) is 5.82 Å². The number of rotatable bonds is 7. The molecule has 2 rings (SSSR count). The zero-order valence-electron chi connectivity index (χ0n) is 12.1. The average molecular weight is 275 g/mol. The van der Waals surface area contributed by atoms with Crippen LogP contribution in [0.4, 0.5) is 4.39 Å². The summed E-state index contributed by atoms with van der Waals surface area (Å²) in [5, 5.41) is 7.42. The predicted octanol–water partition coefficient (Wildman–Crippen LogP) is 2.57. The van der Waals surface area contributed by atoms with Gasteiger partial charge in [-0.15, -0.1) is 0 Å². The third kappa shape index (κ3) is 4.46. The summed E-state index contributed by atoms with van der Waals surface area (Å²) in [6.07, 6.45) is 6.95. The van der Waals surface area contributed by atoms with Gasteiger partial charge in [0.05, 0.1) is 6.20 Å². The Hall–Kier alpha value is -1.68. The van der Waals surface area contributed by atoms with Crippen molar-refractivity contribution in [3.8, 4) is 0 Å². The number of nitrogens with one attached hydrogen (secondary N) is 1. The van der Waals surface area contributed by atoms with E-state index in [1.54, 1.807) is 12.1 Å². The number of hydrogen-bond donors (Lipinski definition) is 1. The van der Waals surface area contributed by atoms with Gasteiger partial charge in [0.25, 0.3) is 0 Å². The Morgan fingerprint density at radius 2 is 2.20 bits per heavy atom. The van der Waals surface area contributed by atoms with Crippen LogP contribution < -0.4 is 5.32 Å². The van der Waals surface area contributed by atoms with Crippen LogP contribution in [0, 0.1) is 11.7 Å². The lowest BCUT2D eigenvalue weighted by molar-refractivity contribution is 0.460. The molecule has 4 heteroatoms. The van der Waals surface area contributed by atoms with Crippen LogP contribution >= 0.6 is 0 Å². The molecular formula is C16H22FN3. The van der Waals surface area contributed by atoms with Crippen molar-refractivity contribution in [3.63, 3.8) is 0 Å². The molecular weight excluding hydrogens is 253 g/mol. The summed E-state index contributed by atoms with van der Waals surface area (Å²) in [6.45, 7) is 0.941. The average Bonchev–Trinajstić information content (AvgIpc) is 2.82. The number of halogens is 1. The van der Waals surface area contributed by atoms with Gasteiger partial charge >= 0.3 is 0 Å². The molecule has 1 aromatic heterocycles. The quantitative estimate of drug-likeness (QED) is 0.841. The molecule has 0 saturated heterocycles. The van der Waals surface area contributed by atoms with Gasteiger partial charge in [0, 0.05) is 13.2 Å². The van der Waals surface area contributed by atoms with E-state index < -0.39 is 0 Å². The first-order valence-corrected chi connectivity index (χ1v) is 7.04. The minimum Gasteiger partial charge on any atom is -0.319 e. The molecule has 3 nitrogen and oxygen atoms in total. The van der Waals surface area contributed by atoms with E-state index in [1.165, 1.54) is 11.6 Å². The van der Waals surface area contributed by atoms with Crippen molar-refractivity contribution in [3.05, 3.63) is 53.6 Å². The molecule has 0 aliphatic heterocycles. The first-order valence-electron chi connectivity index (χ1n) is 7.04. The maximum atomic E-state index is 13.2. The molecule has 1 unspecified atom stereocenters. The Kier molecular flexibility index (Phi) is 5.30. The van der Waals surface area contributed by atoms with E-state index in [0.29, 0.717) is 5.92 Å². The monoisotopic (exact) mass is 275 g/mol. The second-order valence-corrected chi connectivity index (χ2v) is 5.32. The second kappa shape index (κ2) is 7.20. The maximum Gasteiger partial charge on any atom is 0.123 e. The SMILES string of the molecule is CNCC(CCc1cnn(C)c1)Cc1cccc(F)c1. The number of benzene rings is 1. The van der Waals surface area contributed by atoms with Crippen LogP contribution in [0.1, 0.15) is 17.5 Å².